The van der Waals surface area contributed by atoms with Crippen LogP contribution in [0.15, 0.2) is 170 Å². The first kappa shape index (κ1) is 26.1. The van der Waals surface area contributed by atoms with Crippen LogP contribution in [0.3, 0.4) is 0 Å². The Morgan fingerprint density at radius 2 is 0.894 bits per heavy atom. The zero-order valence-electron chi connectivity index (χ0n) is 25.6. The SMILES string of the molecule is c1ccc(-c2nc(-c3ccc4ccccc4c3)cc(-c3cccc4c3-c3ccccc3C43c4ccccc4-c4ccccc43)n2)cc1. The zero-order valence-corrected chi connectivity index (χ0v) is 25.6. The lowest BCUT2D eigenvalue weighted by atomic mass is 9.70. The van der Waals surface area contributed by atoms with Crippen LogP contribution >= 0.6 is 0 Å². The summed E-state index contributed by atoms with van der Waals surface area (Å²) in [6.07, 6.45) is 0. The van der Waals surface area contributed by atoms with Gasteiger partial charge in [-0.2, -0.15) is 0 Å². The second kappa shape index (κ2) is 9.94. The quantitative estimate of drug-likeness (QED) is 0.203. The summed E-state index contributed by atoms with van der Waals surface area (Å²) in [6, 6.07) is 61.2. The predicted octanol–water partition coefficient (Wildman–Crippen LogP) is 11.0. The molecule has 2 heteroatoms. The third kappa shape index (κ3) is 3.67. The van der Waals surface area contributed by atoms with Crippen molar-refractivity contribution in [3.8, 4) is 56.2 Å². The van der Waals surface area contributed by atoms with Gasteiger partial charge in [0.25, 0.3) is 0 Å². The number of rotatable bonds is 3. The van der Waals surface area contributed by atoms with Gasteiger partial charge in [-0.05, 0) is 67.4 Å². The lowest BCUT2D eigenvalue weighted by Crippen LogP contribution is -2.25. The number of aromatic nitrogens is 2. The van der Waals surface area contributed by atoms with Crippen molar-refractivity contribution in [3.05, 3.63) is 192 Å². The first-order valence-corrected chi connectivity index (χ1v) is 16.2. The normalized spacial score (nSPS) is 13.3. The topological polar surface area (TPSA) is 25.8 Å². The van der Waals surface area contributed by atoms with Gasteiger partial charge < -0.3 is 0 Å². The van der Waals surface area contributed by atoms with Gasteiger partial charge in [0.15, 0.2) is 5.82 Å². The molecule has 0 fully saturated rings. The van der Waals surface area contributed by atoms with Crippen LogP contribution in [0, 0.1) is 0 Å². The molecule has 8 aromatic rings. The maximum absolute atomic E-state index is 5.30. The van der Waals surface area contributed by atoms with Crippen LogP contribution in [-0.4, -0.2) is 9.97 Å². The summed E-state index contributed by atoms with van der Waals surface area (Å²) in [5.41, 5.74) is 15.1. The van der Waals surface area contributed by atoms with Crippen molar-refractivity contribution in [1.29, 1.82) is 0 Å². The van der Waals surface area contributed by atoms with E-state index in [1.807, 2.05) is 6.07 Å². The molecular weight excluding hydrogens is 569 g/mol. The molecule has 0 saturated heterocycles. The van der Waals surface area contributed by atoms with Gasteiger partial charge >= 0.3 is 0 Å². The van der Waals surface area contributed by atoms with Gasteiger partial charge in [0, 0.05) is 16.7 Å². The van der Waals surface area contributed by atoms with Gasteiger partial charge in [0.1, 0.15) is 0 Å². The van der Waals surface area contributed by atoms with Gasteiger partial charge in [-0.15, -0.1) is 0 Å². The van der Waals surface area contributed by atoms with Crippen LogP contribution in [0.4, 0.5) is 0 Å². The number of nitrogens with zero attached hydrogens (tertiary/aromatic N) is 2. The molecule has 0 radical (unpaired) electrons. The summed E-state index contributed by atoms with van der Waals surface area (Å²) in [5, 5.41) is 2.41. The zero-order chi connectivity index (χ0) is 31.0. The molecule has 0 amide bonds. The molecule has 0 bridgehead atoms. The van der Waals surface area contributed by atoms with E-state index in [2.05, 4.69) is 164 Å². The van der Waals surface area contributed by atoms with Gasteiger partial charge in [-0.3, -0.25) is 0 Å². The van der Waals surface area contributed by atoms with E-state index in [4.69, 9.17) is 9.97 Å². The number of hydrogen-bond donors (Lipinski definition) is 0. The minimum atomic E-state index is -0.397. The molecule has 2 aliphatic carbocycles. The smallest absolute Gasteiger partial charge is 0.160 e. The fraction of sp³-hybridized carbons (Fsp3) is 0.0222. The van der Waals surface area contributed by atoms with Crippen molar-refractivity contribution < 1.29 is 0 Å². The van der Waals surface area contributed by atoms with Crippen molar-refractivity contribution in [2.75, 3.05) is 0 Å². The van der Waals surface area contributed by atoms with E-state index < -0.39 is 5.41 Å². The van der Waals surface area contributed by atoms with E-state index in [-0.39, 0.29) is 0 Å². The van der Waals surface area contributed by atoms with E-state index in [9.17, 15) is 0 Å². The van der Waals surface area contributed by atoms with Crippen LogP contribution < -0.4 is 0 Å². The lowest BCUT2D eigenvalue weighted by molar-refractivity contribution is 0.794. The van der Waals surface area contributed by atoms with Crippen LogP contribution in [0.1, 0.15) is 22.3 Å². The Hall–Kier alpha value is -6.12. The maximum Gasteiger partial charge on any atom is 0.160 e. The van der Waals surface area contributed by atoms with Crippen LogP contribution in [0.25, 0.3) is 66.9 Å². The number of hydrogen-bond acceptors (Lipinski definition) is 2. The molecule has 0 saturated carbocycles. The average molecular weight is 597 g/mol. The molecule has 0 unspecified atom stereocenters. The summed E-state index contributed by atoms with van der Waals surface area (Å²) in [5.74, 6) is 0.724. The van der Waals surface area contributed by atoms with E-state index >= 15 is 0 Å². The third-order valence-electron chi connectivity index (χ3n) is 10.1. The summed E-state index contributed by atoms with van der Waals surface area (Å²) in [6.45, 7) is 0. The van der Waals surface area contributed by atoms with E-state index in [1.165, 1.54) is 55.3 Å². The monoisotopic (exact) mass is 596 g/mol. The molecule has 218 valence electrons. The Morgan fingerprint density at radius 1 is 0.340 bits per heavy atom. The molecular formula is C45H28N2. The molecule has 7 aromatic carbocycles. The summed E-state index contributed by atoms with van der Waals surface area (Å²) < 4.78 is 0. The second-order valence-electron chi connectivity index (χ2n) is 12.5. The Bertz CT molecular complexity index is 2480. The van der Waals surface area contributed by atoms with Crippen molar-refractivity contribution in [2.45, 2.75) is 5.41 Å². The number of fused-ring (bicyclic) bond motifs is 11. The van der Waals surface area contributed by atoms with Crippen molar-refractivity contribution in [2.24, 2.45) is 0 Å². The fourth-order valence-electron chi connectivity index (χ4n) is 8.16. The Kier molecular flexibility index (Phi) is 5.53. The molecule has 10 rings (SSSR count). The maximum atomic E-state index is 5.30. The molecule has 1 aromatic heterocycles. The summed E-state index contributed by atoms with van der Waals surface area (Å²) in [7, 11) is 0. The molecule has 2 nitrogen and oxygen atoms in total. The van der Waals surface area contributed by atoms with Crippen molar-refractivity contribution >= 4 is 10.8 Å². The second-order valence-corrected chi connectivity index (χ2v) is 12.5. The van der Waals surface area contributed by atoms with Crippen LogP contribution in [-0.2, 0) is 5.41 Å². The Labute approximate surface area is 273 Å². The van der Waals surface area contributed by atoms with Gasteiger partial charge in [0.2, 0.25) is 0 Å². The van der Waals surface area contributed by atoms with E-state index in [0.717, 1.165) is 33.9 Å². The number of benzene rings is 7. The largest absolute Gasteiger partial charge is 0.228 e. The highest BCUT2D eigenvalue weighted by molar-refractivity contribution is 6.00. The van der Waals surface area contributed by atoms with Crippen molar-refractivity contribution in [1.82, 2.24) is 9.97 Å². The van der Waals surface area contributed by atoms with Crippen LogP contribution in [0.5, 0.6) is 0 Å². The van der Waals surface area contributed by atoms with E-state index in [0.29, 0.717) is 0 Å². The Morgan fingerprint density at radius 3 is 1.64 bits per heavy atom. The first-order chi connectivity index (χ1) is 23.3. The van der Waals surface area contributed by atoms with Gasteiger partial charge in [0.05, 0.1) is 16.8 Å². The molecule has 1 heterocycles. The lowest BCUT2D eigenvalue weighted by Gasteiger charge is -2.30. The summed E-state index contributed by atoms with van der Waals surface area (Å²) >= 11 is 0. The highest BCUT2D eigenvalue weighted by atomic mass is 14.9. The fourth-order valence-corrected chi connectivity index (χ4v) is 8.16. The molecule has 0 aliphatic heterocycles. The molecule has 0 N–H and O–H groups in total. The first-order valence-electron chi connectivity index (χ1n) is 16.2. The van der Waals surface area contributed by atoms with E-state index in [1.54, 1.807) is 0 Å². The van der Waals surface area contributed by atoms with Crippen LogP contribution in [0.2, 0.25) is 0 Å². The van der Waals surface area contributed by atoms with Gasteiger partial charge in [-0.1, -0.05) is 158 Å². The standard InChI is InChI=1S/C45H28N2/c1-2-14-30(15-3-1)44-46-41(32-26-25-29-13-4-5-16-31(29)27-32)28-42(47-44)36-20-12-24-40-43(36)35-19-8-11-23-39(35)45(40)37-21-9-6-17-33(37)34-18-7-10-22-38(34)45/h1-28H. The minimum Gasteiger partial charge on any atom is -0.228 e. The highest BCUT2D eigenvalue weighted by Gasteiger charge is 2.52. The third-order valence-corrected chi connectivity index (χ3v) is 10.1. The molecule has 1 spiro atoms. The molecule has 47 heavy (non-hydrogen) atoms. The van der Waals surface area contributed by atoms with Gasteiger partial charge in [-0.25, -0.2) is 9.97 Å². The highest BCUT2D eigenvalue weighted by Crippen LogP contribution is 2.63. The summed E-state index contributed by atoms with van der Waals surface area (Å²) in [4.78, 5) is 10.5. The Balaban J connectivity index is 1.27. The minimum absolute atomic E-state index is 0.397. The average Bonchev–Trinajstić information content (AvgIpc) is 3.62. The predicted molar refractivity (Wildman–Crippen MR) is 192 cm³/mol. The van der Waals surface area contributed by atoms with Crippen molar-refractivity contribution in [3.63, 3.8) is 0 Å². The molecule has 0 atom stereocenters. The molecule has 2 aliphatic rings.